The molecule has 9 nitrogen and oxygen atoms in total. The molecular formula is C24H33N3O6S2. The Morgan fingerprint density at radius 3 is 2.37 bits per heavy atom. The highest BCUT2D eigenvalue weighted by molar-refractivity contribution is 7.89. The first-order valence-electron chi connectivity index (χ1n) is 11.6. The fourth-order valence-corrected chi connectivity index (χ4v) is 6.58. The van der Waals surface area contributed by atoms with Crippen LogP contribution in [0, 0.1) is 19.8 Å². The molecule has 0 unspecified atom stereocenters. The molecule has 11 heteroatoms. The van der Waals surface area contributed by atoms with Crippen LogP contribution < -0.4 is 14.8 Å². The minimum atomic E-state index is -3.75. The first-order chi connectivity index (χ1) is 16.5. The Balaban J connectivity index is 1.55. The smallest absolute Gasteiger partial charge is 0.243 e. The summed E-state index contributed by atoms with van der Waals surface area (Å²) in [6, 6.07) is 11.2. The van der Waals surface area contributed by atoms with Crippen LogP contribution in [0.25, 0.3) is 0 Å². The van der Waals surface area contributed by atoms with Gasteiger partial charge in [0.25, 0.3) is 0 Å². The average molecular weight is 524 g/mol. The lowest BCUT2D eigenvalue weighted by molar-refractivity contribution is -0.126. The Kier molecular flexibility index (Phi) is 8.92. The van der Waals surface area contributed by atoms with Crippen molar-refractivity contribution in [1.82, 2.24) is 14.3 Å². The summed E-state index contributed by atoms with van der Waals surface area (Å²) >= 11 is 0. The third-order valence-electron chi connectivity index (χ3n) is 5.89. The highest BCUT2D eigenvalue weighted by Crippen LogP contribution is 2.27. The predicted molar refractivity (Wildman–Crippen MR) is 133 cm³/mol. The summed E-state index contributed by atoms with van der Waals surface area (Å²) in [4.78, 5) is 13.0. The molecule has 1 fully saturated rings. The van der Waals surface area contributed by atoms with Gasteiger partial charge >= 0.3 is 0 Å². The number of carbonyl (C=O) groups excluding carboxylic acids is 1. The topological polar surface area (TPSA) is 122 Å². The van der Waals surface area contributed by atoms with Gasteiger partial charge in [-0.15, -0.1) is 0 Å². The van der Waals surface area contributed by atoms with E-state index in [1.54, 1.807) is 31.2 Å². The summed E-state index contributed by atoms with van der Waals surface area (Å²) in [5, 5.41) is 2.72. The van der Waals surface area contributed by atoms with Crippen molar-refractivity contribution >= 4 is 26.0 Å². The van der Waals surface area contributed by atoms with E-state index >= 15 is 0 Å². The van der Waals surface area contributed by atoms with Gasteiger partial charge in [-0.3, -0.25) is 4.79 Å². The van der Waals surface area contributed by atoms with Crippen molar-refractivity contribution in [3.63, 3.8) is 0 Å². The Morgan fingerprint density at radius 2 is 1.71 bits per heavy atom. The summed E-state index contributed by atoms with van der Waals surface area (Å²) in [5.41, 5.74) is 1.68. The number of aryl methyl sites for hydroxylation is 2. The molecule has 1 heterocycles. The molecule has 2 N–H and O–H groups in total. The van der Waals surface area contributed by atoms with E-state index in [9.17, 15) is 21.6 Å². The maximum Gasteiger partial charge on any atom is 0.243 e. The summed E-state index contributed by atoms with van der Waals surface area (Å²) in [5.74, 6) is -0.154. The van der Waals surface area contributed by atoms with E-state index < -0.39 is 26.0 Å². The van der Waals surface area contributed by atoms with Gasteiger partial charge < -0.3 is 10.1 Å². The first kappa shape index (κ1) is 27.1. The van der Waals surface area contributed by atoms with Gasteiger partial charge in [0.2, 0.25) is 26.0 Å². The van der Waals surface area contributed by atoms with Crippen molar-refractivity contribution in [1.29, 1.82) is 0 Å². The first-order valence-corrected chi connectivity index (χ1v) is 14.5. The van der Waals surface area contributed by atoms with Gasteiger partial charge in [-0.25, -0.2) is 21.6 Å². The van der Waals surface area contributed by atoms with Crippen LogP contribution in [0.4, 0.5) is 0 Å². The molecule has 0 aromatic heterocycles. The Labute approximate surface area is 208 Å². The maximum absolute atomic E-state index is 13.2. The van der Waals surface area contributed by atoms with Crippen molar-refractivity contribution in [2.24, 2.45) is 5.92 Å². The molecule has 35 heavy (non-hydrogen) atoms. The monoisotopic (exact) mass is 523 g/mol. The van der Waals surface area contributed by atoms with Crippen LogP contribution in [-0.2, 0) is 24.8 Å². The van der Waals surface area contributed by atoms with E-state index in [2.05, 4.69) is 10.0 Å². The van der Waals surface area contributed by atoms with Crippen LogP contribution in [0.3, 0.4) is 0 Å². The molecule has 3 rings (SSSR count). The highest BCUT2D eigenvalue weighted by Gasteiger charge is 2.33. The maximum atomic E-state index is 13.2. The molecule has 0 saturated carbocycles. The molecule has 1 aliphatic heterocycles. The van der Waals surface area contributed by atoms with E-state index in [0.717, 1.165) is 11.1 Å². The van der Waals surface area contributed by atoms with Crippen molar-refractivity contribution < 1.29 is 26.4 Å². The number of hydrogen-bond acceptors (Lipinski definition) is 6. The van der Waals surface area contributed by atoms with E-state index in [1.165, 1.54) is 22.5 Å². The standard InChI is InChI=1S/C24H33N3O6S2/c1-4-33-23-12-11-22(16-19(23)3)35(31,32)27-15-5-6-20(17-27)24(28)25-13-14-26-34(29,30)21-9-7-18(2)8-10-21/h7-12,16,20,26H,4-6,13-15,17H2,1-3H3,(H,25,28)/t20-/m0/s1. The Bertz CT molecular complexity index is 1240. The van der Waals surface area contributed by atoms with E-state index in [-0.39, 0.29) is 35.3 Å². The van der Waals surface area contributed by atoms with Crippen molar-refractivity contribution in [2.45, 2.75) is 43.4 Å². The zero-order valence-corrected chi connectivity index (χ0v) is 21.9. The second-order valence-corrected chi connectivity index (χ2v) is 12.3. The SMILES string of the molecule is CCOc1ccc(S(=O)(=O)N2CCC[C@H](C(=O)NCCNS(=O)(=O)c3ccc(C)cc3)C2)cc1C. The molecule has 1 saturated heterocycles. The number of amides is 1. The van der Waals surface area contributed by atoms with Gasteiger partial charge in [-0.2, -0.15) is 4.31 Å². The van der Waals surface area contributed by atoms with Gasteiger partial charge in [0, 0.05) is 26.2 Å². The molecule has 0 spiro atoms. The third kappa shape index (κ3) is 6.81. The number of hydrogen-bond donors (Lipinski definition) is 2. The Morgan fingerprint density at radius 1 is 1.03 bits per heavy atom. The zero-order chi connectivity index (χ0) is 25.6. The summed E-state index contributed by atoms with van der Waals surface area (Å²) in [6.45, 7) is 6.57. The number of nitrogens with one attached hydrogen (secondary N) is 2. The molecule has 0 aliphatic carbocycles. The van der Waals surface area contributed by atoms with E-state index in [1.807, 2.05) is 13.8 Å². The lowest BCUT2D eigenvalue weighted by Gasteiger charge is -2.31. The second kappa shape index (κ2) is 11.5. The molecule has 1 aliphatic rings. The Hall–Kier alpha value is -2.47. The number of rotatable bonds is 10. The van der Waals surface area contributed by atoms with Gasteiger partial charge in [-0.1, -0.05) is 17.7 Å². The molecular weight excluding hydrogens is 490 g/mol. The highest BCUT2D eigenvalue weighted by atomic mass is 32.2. The van der Waals surface area contributed by atoms with E-state index in [4.69, 9.17) is 4.74 Å². The molecule has 0 radical (unpaired) electrons. The fraction of sp³-hybridized carbons (Fsp3) is 0.458. The van der Waals surface area contributed by atoms with Crippen LogP contribution in [0.2, 0.25) is 0 Å². The lowest BCUT2D eigenvalue weighted by Crippen LogP contribution is -2.46. The van der Waals surface area contributed by atoms with Gasteiger partial charge in [-0.05, 0) is 69.5 Å². The predicted octanol–water partition coefficient (Wildman–Crippen LogP) is 2.20. The number of nitrogens with zero attached hydrogens (tertiary/aromatic N) is 1. The minimum absolute atomic E-state index is 0.0299. The summed E-state index contributed by atoms with van der Waals surface area (Å²) in [7, 11) is -7.42. The van der Waals surface area contributed by atoms with Crippen LogP contribution in [0.15, 0.2) is 52.3 Å². The minimum Gasteiger partial charge on any atom is -0.494 e. The average Bonchev–Trinajstić information content (AvgIpc) is 2.83. The molecule has 0 bridgehead atoms. The lowest BCUT2D eigenvalue weighted by atomic mass is 9.99. The third-order valence-corrected chi connectivity index (χ3v) is 9.22. The van der Waals surface area contributed by atoms with Crippen LogP contribution >= 0.6 is 0 Å². The van der Waals surface area contributed by atoms with Gasteiger partial charge in [0.05, 0.1) is 22.3 Å². The van der Waals surface area contributed by atoms with Gasteiger partial charge in [0.1, 0.15) is 5.75 Å². The number of ether oxygens (including phenoxy) is 1. The second-order valence-electron chi connectivity index (χ2n) is 8.56. The quantitative estimate of drug-likeness (QED) is 0.461. The van der Waals surface area contributed by atoms with Crippen molar-refractivity contribution in [3.05, 3.63) is 53.6 Å². The summed E-state index contributed by atoms with van der Waals surface area (Å²) < 4.78 is 60.4. The normalized spacial score (nSPS) is 17.2. The van der Waals surface area contributed by atoms with Crippen LogP contribution in [0.5, 0.6) is 5.75 Å². The number of carbonyl (C=O) groups is 1. The number of benzene rings is 2. The zero-order valence-electron chi connectivity index (χ0n) is 20.3. The molecule has 1 amide bonds. The van der Waals surface area contributed by atoms with Crippen molar-refractivity contribution in [2.75, 3.05) is 32.8 Å². The number of sulfonamides is 2. The molecule has 1 atom stereocenters. The summed E-state index contributed by atoms with van der Waals surface area (Å²) in [6.07, 6.45) is 1.13. The van der Waals surface area contributed by atoms with Crippen LogP contribution in [0.1, 0.15) is 30.9 Å². The fourth-order valence-electron chi connectivity index (χ4n) is 3.94. The van der Waals surface area contributed by atoms with Crippen LogP contribution in [-0.4, -0.2) is 59.8 Å². The molecule has 2 aromatic carbocycles. The largest absolute Gasteiger partial charge is 0.494 e. The number of piperidine rings is 1. The van der Waals surface area contributed by atoms with Crippen molar-refractivity contribution in [3.8, 4) is 5.75 Å². The molecule has 192 valence electrons. The molecule has 2 aromatic rings. The van der Waals surface area contributed by atoms with E-state index in [0.29, 0.717) is 31.7 Å². The van der Waals surface area contributed by atoms with Gasteiger partial charge in [0.15, 0.2) is 0 Å².